The van der Waals surface area contributed by atoms with Crippen LogP contribution in [-0.2, 0) is 6.61 Å². The summed E-state index contributed by atoms with van der Waals surface area (Å²) in [6.45, 7) is 1.93. The molecule has 0 saturated carbocycles. The molecule has 0 spiro atoms. The van der Waals surface area contributed by atoms with Crippen LogP contribution in [0.1, 0.15) is 21.8 Å². The molecule has 7 nitrogen and oxygen atoms in total. The maximum Gasteiger partial charge on any atom is 0.335 e. The maximum atomic E-state index is 11.1. The number of carbonyl (C=O) groups is 1. The van der Waals surface area contributed by atoms with Gasteiger partial charge in [-0.3, -0.25) is 0 Å². The van der Waals surface area contributed by atoms with Gasteiger partial charge < -0.3 is 23.8 Å². The molecule has 1 aromatic heterocycles. The average Bonchev–Trinajstić information content (AvgIpc) is 2.89. The molecule has 1 aromatic carbocycles. The van der Waals surface area contributed by atoms with Crippen LogP contribution in [0.15, 0.2) is 22.7 Å². The third-order valence-electron chi connectivity index (χ3n) is 2.75. The standard InChI is InChI=1S/C14H15NO6/c1-8-4-10(15-21-8)7-20-13-11(18-2)5-9(14(16)17)6-12(13)19-3/h4-6H,7H2,1-3H3,(H,16,17). The Labute approximate surface area is 121 Å². The third kappa shape index (κ3) is 3.25. The lowest BCUT2D eigenvalue weighted by molar-refractivity contribution is 0.0696. The van der Waals surface area contributed by atoms with Crippen LogP contribution < -0.4 is 14.2 Å². The lowest BCUT2D eigenvalue weighted by atomic mass is 10.2. The predicted molar refractivity (Wildman–Crippen MR) is 72.1 cm³/mol. The minimum atomic E-state index is -1.08. The molecule has 0 bridgehead atoms. The summed E-state index contributed by atoms with van der Waals surface area (Å²) >= 11 is 0. The van der Waals surface area contributed by atoms with Crippen molar-refractivity contribution in [1.82, 2.24) is 5.16 Å². The molecule has 21 heavy (non-hydrogen) atoms. The number of rotatable bonds is 6. The molecule has 0 radical (unpaired) electrons. The zero-order valence-corrected chi connectivity index (χ0v) is 11.9. The van der Waals surface area contributed by atoms with E-state index in [2.05, 4.69) is 5.16 Å². The Hall–Kier alpha value is -2.70. The first-order chi connectivity index (χ1) is 10.0. The molecule has 112 valence electrons. The van der Waals surface area contributed by atoms with Gasteiger partial charge in [0.25, 0.3) is 0 Å². The summed E-state index contributed by atoms with van der Waals surface area (Å²) < 4.78 is 20.9. The number of carboxylic acids is 1. The van der Waals surface area contributed by atoms with Crippen molar-refractivity contribution in [2.24, 2.45) is 0 Å². The average molecular weight is 293 g/mol. The Bertz CT molecular complexity index is 624. The first kappa shape index (κ1) is 14.7. The van der Waals surface area contributed by atoms with Crippen LogP contribution in [0.3, 0.4) is 0 Å². The molecule has 1 heterocycles. The fourth-order valence-electron chi connectivity index (χ4n) is 1.78. The van der Waals surface area contributed by atoms with Gasteiger partial charge in [0.1, 0.15) is 18.1 Å². The highest BCUT2D eigenvalue weighted by atomic mass is 16.5. The zero-order valence-electron chi connectivity index (χ0n) is 11.9. The molecule has 2 rings (SSSR count). The number of carboxylic acid groups (broad SMARTS) is 1. The van der Waals surface area contributed by atoms with E-state index in [1.54, 1.807) is 13.0 Å². The van der Waals surface area contributed by atoms with Crippen LogP contribution in [0.5, 0.6) is 17.2 Å². The van der Waals surface area contributed by atoms with Crippen LogP contribution in [0.4, 0.5) is 0 Å². The summed E-state index contributed by atoms with van der Waals surface area (Å²) in [7, 11) is 2.85. The van der Waals surface area contributed by atoms with E-state index in [-0.39, 0.29) is 23.7 Å². The van der Waals surface area contributed by atoms with Gasteiger partial charge >= 0.3 is 5.97 Å². The van der Waals surface area contributed by atoms with Gasteiger partial charge in [-0.25, -0.2) is 4.79 Å². The Morgan fingerprint density at radius 3 is 2.29 bits per heavy atom. The molecule has 0 unspecified atom stereocenters. The SMILES string of the molecule is COc1cc(C(=O)O)cc(OC)c1OCc1cc(C)on1. The molecule has 0 amide bonds. The highest BCUT2D eigenvalue weighted by Crippen LogP contribution is 2.39. The Kier molecular flexibility index (Phi) is 4.32. The zero-order chi connectivity index (χ0) is 15.4. The lowest BCUT2D eigenvalue weighted by Gasteiger charge is -2.14. The first-order valence-corrected chi connectivity index (χ1v) is 6.09. The van der Waals surface area contributed by atoms with Gasteiger partial charge in [0, 0.05) is 6.07 Å². The van der Waals surface area contributed by atoms with Gasteiger partial charge in [-0.2, -0.15) is 0 Å². The molecular weight excluding hydrogens is 278 g/mol. The topological polar surface area (TPSA) is 91.0 Å². The fraction of sp³-hybridized carbons (Fsp3) is 0.286. The van der Waals surface area contributed by atoms with Crippen molar-refractivity contribution in [3.05, 3.63) is 35.2 Å². The monoisotopic (exact) mass is 293 g/mol. The number of nitrogens with zero attached hydrogens (tertiary/aromatic N) is 1. The fourth-order valence-corrected chi connectivity index (χ4v) is 1.78. The summed E-state index contributed by atoms with van der Waals surface area (Å²) in [5.74, 6) is 0.448. The minimum Gasteiger partial charge on any atom is -0.493 e. The summed E-state index contributed by atoms with van der Waals surface area (Å²) in [6, 6.07) is 4.48. The molecule has 2 aromatic rings. The molecule has 0 fully saturated rings. The van der Waals surface area contributed by atoms with Crippen molar-refractivity contribution in [3.63, 3.8) is 0 Å². The molecule has 7 heteroatoms. The number of methoxy groups -OCH3 is 2. The molecule has 0 aliphatic carbocycles. The Morgan fingerprint density at radius 2 is 1.86 bits per heavy atom. The Morgan fingerprint density at radius 1 is 1.24 bits per heavy atom. The quantitative estimate of drug-likeness (QED) is 0.873. The summed E-state index contributed by atoms with van der Waals surface area (Å²) in [6.07, 6.45) is 0. The van der Waals surface area contributed by atoms with E-state index in [9.17, 15) is 4.79 Å². The van der Waals surface area contributed by atoms with E-state index in [0.29, 0.717) is 17.2 Å². The van der Waals surface area contributed by atoms with Gasteiger partial charge in [0.15, 0.2) is 11.5 Å². The molecule has 1 N–H and O–H groups in total. The smallest absolute Gasteiger partial charge is 0.335 e. The molecular formula is C14H15NO6. The van der Waals surface area contributed by atoms with Gasteiger partial charge in [0.05, 0.1) is 19.8 Å². The molecule has 0 atom stereocenters. The summed E-state index contributed by atoms with van der Waals surface area (Å²) in [5.41, 5.74) is 0.659. The van der Waals surface area contributed by atoms with Crippen LogP contribution in [0, 0.1) is 6.92 Å². The second kappa shape index (κ2) is 6.17. The number of hydrogen-bond acceptors (Lipinski definition) is 6. The van der Waals surface area contributed by atoms with E-state index in [1.807, 2.05) is 0 Å². The Balaban J connectivity index is 2.30. The van der Waals surface area contributed by atoms with E-state index >= 15 is 0 Å². The summed E-state index contributed by atoms with van der Waals surface area (Å²) in [4.78, 5) is 11.1. The first-order valence-electron chi connectivity index (χ1n) is 6.09. The van der Waals surface area contributed by atoms with Crippen LogP contribution >= 0.6 is 0 Å². The second-order valence-electron chi connectivity index (χ2n) is 4.23. The number of aromatic nitrogens is 1. The van der Waals surface area contributed by atoms with Crippen LogP contribution in [-0.4, -0.2) is 30.5 Å². The largest absolute Gasteiger partial charge is 0.493 e. The lowest BCUT2D eigenvalue weighted by Crippen LogP contribution is -2.03. The number of aromatic carboxylic acids is 1. The van der Waals surface area contributed by atoms with E-state index in [4.69, 9.17) is 23.8 Å². The van der Waals surface area contributed by atoms with Crippen molar-refractivity contribution >= 4 is 5.97 Å². The van der Waals surface area contributed by atoms with Gasteiger partial charge in [-0.15, -0.1) is 0 Å². The second-order valence-corrected chi connectivity index (χ2v) is 4.23. The van der Waals surface area contributed by atoms with E-state index < -0.39 is 5.97 Å². The van der Waals surface area contributed by atoms with E-state index in [1.165, 1.54) is 26.4 Å². The maximum absolute atomic E-state index is 11.1. The van der Waals surface area contributed by atoms with Crippen molar-refractivity contribution in [3.8, 4) is 17.2 Å². The van der Waals surface area contributed by atoms with Crippen LogP contribution in [0.2, 0.25) is 0 Å². The van der Waals surface area contributed by atoms with Gasteiger partial charge in [-0.1, -0.05) is 5.16 Å². The number of hydrogen-bond donors (Lipinski definition) is 1. The number of ether oxygens (including phenoxy) is 3. The highest BCUT2D eigenvalue weighted by Gasteiger charge is 2.17. The minimum absolute atomic E-state index is 0.0494. The highest BCUT2D eigenvalue weighted by molar-refractivity contribution is 5.89. The molecule has 0 aliphatic heterocycles. The van der Waals surface area contributed by atoms with Crippen molar-refractivity contribution < 1.29 is 28.6 Å². The van der Waals surface area contributed by atoms with Crippen molar-refractivity contribution in [1.29, 1.82) is 0 Å². The van der Waals surface area contributed by atoms with Crippen molar-refractivity contribution in [2.45, 2.75) is 13.5 Å². The van der Waals surface area contributed by atoms with Crippen molar-refractivity contribution in [2.75, 3.05) is 14.2 Å². The summed E-state index contributed by atoms with van der Waals surface area (Å²) in [5, 5.41) is 12.9. The van der Waals surface area contributed by atoms with Crippen LogP contribution in [0.25, 0.3) is 0 Å². The predicted octanol–water partition coefficient (Wildman–Crippen LogP) is 2.28. The third-order valence-corrected chi connectivity index (χ3v) is 2.75. The van der Waals surface area contributed by atoms with E-state index in [0.717, 1.165) is 0 Å². The number of benzene rings is 1. The number of aryl methyl sites for hydroxylation is 1. The van der Waals surface area contributed by atoms with Gasteiger partial charge in [0.2, 0.25) is 5.75 Å². The van der Waals surface area contributed by atoms with Gasteiger partial charge in [-0.05, 0) is 19.1 Å². The molecule has 0 aliphatic rings. The normalized spacial score (nSPS) is 10.2. The molecule has 0 saturated heterocycles.